The van der Waals surface area contributed by atoms with E-state index < -0.39 is 0 Å². The van der Waals surface area contributed by atoms with Gasteiger partial charge in [0.15, 0.2) is 0 Å². The van der Waals surface area contributed by atoms with E-state index in [0.717, 1.165) is 43.9 Å². The zero-order valence-corrected chi connectivity index (χ0v) is 16.4. The van der Waals surface area contributed by atoms with Crippen LogP contribution in [-0.2, 0) is 6.54 Å². The Morgan fingerprint density at radius 3 is 2.48 bits per heavy atom. The molecule has 3 fully saturated rings. The van der Waals surface area contributed by atoms with Gasteiger partial charge < -0.3 is 9.64 Å². The Bertz CT molecular complexity index is 791. The maximum atomic E-state index is 13.0. The normalized spacial score (nSPS) is 22.5. The summed E-state index contributed by atoms with van der Waals surface area (Å²) < 4.78 is 5.25. The van der Waals surface area contributed by atoms with E-state index in [1.165, 1.54) is 12.0 Å². The number of nitrogens with zero attached hydrogens (tertiary/aromatic N) is 2. The summed E-state index contributed by atoms with van der Waals surface area (Å²) in [6.07, 6.45) is 2.29. The number of ether oxygens (including phenoxy) is 1. The second-order valence-corrected chi connectivity index (χ2v) is 8.04. The molecule has 0 spiro atoms. The number of halogens is 1. The molecule has 0 aliphatic carbocycles. The lowest BCUT2D eigenvalue weighted by atomic mass is 9.94. The molecule has 5 heteroatoms. The summed E-state index contributed by atoms with van der Waals surface area (Å²) in [6, 6.07) is 15.8. The van der Waals surface area contributed by atoms with Crippen LogP contribution in [0.25, 0.3) is 0 Å². The van der Waals surface area contributed by atoms with Crippen LogP contribution in [0.3, 0.4) is 0 Å². The average molecular weight is 385 g/mol. The van der Waals surface area contributed by atoms with Gasteiger partial charge in [-0.15, -0.1) is 0 Å². The molecule has 4 nitrogen and oxygen atoms in total. The van der Waals surface area contributed by atoms with Gasteiger partial charge in [0.05, 0.1) is 7.11 Å². The zero-order valence-electron chi connectivity index (χ0n) is 15.6. The van der Waals surface area contributed by atoms with E-state index in [2.05, 4.69) is 21.9 Å². The van der Waals surface area contributed by atoms with Gasteiger partial charge in [-0.1, -0.05) is 23.7 Å². The highest BCUT2D eigenvalue weighted by Crippen LogP contribution is 2.30. The molecular weight excluding hydrogens is 360 g/mol. The van der Waals surface area contributed by atoms with Crippen molar-refractivity contribution >= 4 is 17.5 Å². The molecule has 3 saturated heterocycles. The summed E-state index contributed by atoms with van der Waals surface area (Å²) >= 11 is 5.97. The fraction of sp³-hybridized carbons (Fsp3) is 0.409. The van der Waals surface area contributed by atoms with Crippen molar-refractivity contribution in [3.63, 3.8) is 0 Å². The SMILES string of the molecule is COc1ccc(CN2C[C@H]3CC[C@@H](C2)N(C(=O)c2ccc(Cl)cc2)C3)cc1. The van der Waals surface area contributed by atoms with E-state index >= 15 is 0 Å². The first-order chi connectivity index (χ1) is 13.1. The molecule has 2 aromatic carbocycles. The summed E-state index contributed by atoms with van der Waals surface area (Å²) in [4.78, 5) is 17.6. The van der Waals surface area contributed by atoms with Crippen LogP contribution in [0.5, 0.6) is 5.75 Å². The largest absolute Gasteiger partial charge is 0.497 e. The van der Waals surface area contributed by atoms with Gasteiger partial charge in [-0.25, -0.2) is 0 Å². The van der Waals surface area contributed by atoms with Crippen molar-refractivity contribution in [1.29, 1.82) is 0 Å². The lowest BCUT2D eigenvalue weighted by Gasteiger charge is -2.36. The molecule has 2 bridgehead atoms. The van der Waals surface area contributed by atoms with Crippen molar-refractivity contribution < 1.29 is 9.53 Å². The standard InChI is InChI=1S/C22H25ClN2O2/c1-27-21-10-3-16(4-11-21)12-24-13-17-2-9-20(15-24)25(14-17)22(26)18-5-7-19(23)8-6-18/h3-8,10-11,17,20H,2,9,12-15H2,1H3/t17-,20+/m1/s1. The monoisotopic (exact) mass is 384 g/mol. The first-order valence-electron chi connectivity index (χ1n) is 9.54. The Hall–Kier alpha value is -2.04. The molecule has 142 valence electrons. The average Bonchev–Trinajstić information content (AvgIpc) is 2.99. The van der Waals surface area contributed by atoms with Gasteiger partial charge >= 0.3 is 0 Å². The highest BCUT2D eigenvalue weighted by Gasteiger charge is 2.37. The third kappa shape index (κ3) is 4.12. The smallest absolute Gasteiger partial charge is 0.254 e. The van der Waals surface area contributed by atoms with E-state index in [1.54, 1.807) is 19.2 Å². The minimum Gasteiger partial charge on any atom is -0.497 e. The van der Waals surface area contributed by atoms with Crippen molar-refractivity contribution in [3.05, 3.63) is 64.7 Å². The van der Waals surface area contributed by atoms with E-state index in [0.29, 0.717) is 10.9 Å². The Labute approximate surface area is 165 Å². The summed E-state index contributed by atoms with van der Waals surface area (Å²) in [6.45, 7) is 3.75. The van der Waals surface area contributed by atoms with E-state index in [1.807, 2.05) is 24.3 Å². The van der Waals surface area contributed by atoms with Crippen molar-refractivity contribution in [2.75, 3.05) is 26.7 Å². The molecule has 2 atom stereocenters. The van der Waals surface area contributed by atoms with Gasteiger partial charge in [-0.05, 0) is 60.7 Å². The molecule has 0 saturated carbocycles. The van der Waals surface area contributed by atoms with E-state index in [4.69, 9.17) is 16.3 Å². The van der Waals surface area contributed by atoms with Gasteiger partial charge in [0.1, 0.15) is 5.75 Å². The molecule has 5 rings (SSSR count). The number of amides is 1. The lowest BCUT2D eigenvalue weighted by molar-refractivity contribution is 0.0585. The van der Waals surface area contributed by atoms with E-state index in [-0.39, 0.29) is 11.9 Å². The first-order valence-corrected chi connectivity index (χ1v) is 9.92. The Morgan fingerprint density at radius 2 is 1.78 bits per heavy atom. The topological polar surface area (TPSA) is 32.8 Å². The van der Waals surface area contributed by atoms with Crippen LogP contribution in [0.4, 0.5) is 0 Å². The first kappa shape index (κ1) is 18.3. The number of rotatable bonds is 4. The molecule has 0 N–H and O–H groups in total. The molecule has 0 radical (unpaired) electrons. The number of hydrogen-bond donors (Lipinski definition) is 0. The summed E-state index contributed by atoms with van der Waals surface area (Å²) in [7, 11) is 1.69. The minimum atomic E-state index is 0.132. The quantitative estimate of drug-likeness (QED) is 0.796. The van der Waals surface area contributed by atoms with Crippen LogP contribution < -0.4 is 4.74 Å². The molecule has 1 amide bonds. The number of carbonyl (C=O) groups is 1. The summed E-state index contributed by atoms with van der Waals surface area (Å²) in [5.41, 5.74) is 2.02. The number of hydrogen-bond acceptors (Lipinski definition) is 3. The van der Waals surface area contributed by atoms with Gasteiger partial charge in [-0.2, -0.15) is 0 Å². The molecule has 27 heavy (non-hydrogen) atoms. The number of fused-ring (bicyclic) bond motifs is 4. The fourth-order valence-electron chi connectivity index (χ4n) is 4.30. The minimum absolute atomic E-state index is 0.132. The van der Waals surface area contributed by atoms with Gasteiger partial charge in [0.25, 0.3) is 5.91 Å². The molecule has 3 heterocycles. The van der Waals surface area contributed by atoms with Gasteiger partial charge in [0.2, 0.25) is 0 Å². The maximum absolute atomic E-state index is 13.0. The Kier molecular flexibility index (Phi) is 5.37. The second-order valence-electron chi connectivity index (χ2n) is 7.60. The summed E-state index contributed by atoms with van der Waals surface area (Å²) in [5.74, 6) is 1.56. The summed E-state index contributed by atoms with van der Waals surface area (Å²) in [5, 5.41) is 0.662. The molecule has 0 aromatic heterocycles. The number of benzene rings is 2. The molecule has 3 aliphatic rings. The van der Waals surface area contributed by atoms with Crippen molar-refractivity contribution in [2.24, 2.45) is 5.92 Å². The van der Waals surface area contributed by atoms with Gasteiger partial charge in [-0.3, -0.25) is 9.69 Å². The lowest BCUT2D eigenvalue weighted by Crippen LogP contribution is -2.47. The third-order valence-electron chi connectivity index (χ3n) is 5.71. The van der Waals surface area contributed by atoms with Crippen LogP contribution in [0.15, 0.2) is 48.5 Å². The zero-order chi connectivity index (χ0) is 18.8. The second kappa shape index (κ2) is 7.91. The Morgan fingerprint density at radius 1 is 1.04 bits per heavy atom. The van der Waals surface area contributed by atoms with Crippen LogP contribution >= 0.6 is 11.6 Å². The molecular formula is C22H25ClN2O2. The predicted molar refractivity (Wildman–Crippen MR) is 107 cm³/mol. The van der Waals surface area contributed by atoms with Crippen molar-refractivity contribution in [3.8, 4) is 5.75 Å². The highest BCUT2D eigenvalue weighted by molar-refractivity contribution is 6.30. The number of piperidine rings is 1. The molecule has 2 aromatic rings. The molecule has 3 aliphatic heterocycles. The van der Waals surface area contributed by atoms with Crippen molar-refractivity contribution in [2.45, 2.75) is 25.4 Å². The highest BCUT2D eigenvalue weighted by atomic mass is 35.5. The van der Waals surface area contributed by atoms with Crippen LogP contribution in [0.2, 0.25) is 5.02 Å². The fourth-order valence-corrected chi connectivity index (χ4v) is 4.43. The third-order valence-corrected chi connectivity index (χ3v) is 5.96. The number of methoxy groups -OCH3 is 1. The van der Waals surface area contributed by atoms with Crippen LogP contribution in [-0.4, -0.2) is 48.5 Å². The predicted octanol–water partition coefficient (Wildman–Crippen LogP) is 4.09. The molecule has 0 unspecified atom stereocenters. The van der Waals surface area contributed by atoms with Crippen LogP contribution in [0, 0.1) is 5.92 Å². The van der Waals surface area contributed by atoms with Crippen molar-refractivity contribution in [1.82, 2.24) is 9.80 Å². The maximum Gasteiger partial charge on any atom is 0.254 e. The Balaban J connectivity index is 1.46. The van der Waals surface area contributed by atoms with Crippen LogP contribution in [0.1, 0.15) is 28.8 Å². The number of carbonyl (C=O) groups excluding carboxylic acids is 1. The van der Waals surface area contributed by atoms with Gasteiger partial charge in [0, 0.05) is 42.8 Å². The van der Waals surface area contributed by atoms with E-state index in [9.17, 15) is 4.79 Å².